The van der Waals surface area contributed by atoms with Gasteiger partial charge in [0, 0.05) is 16.3 Å². The van der Waals surface area contributed by atoms with Crippen LogP contribution in [0.5, 0.6) is 5.75 Å². The number of halogens is 1. The number of nitrogens with one attached hydrogen (secondary N) is 2. The molecule has 0 aliphatic carbocycles. The molecule has 1 atom stereocenters. The smallest absolute Gasteiger partial charge is 0.319 e. The van der Waals surface area contributed by atoms with Crippen LogP contribution in [-0.2, 0) is 6.61 Å². The minimum Gasteiger partial charge on any atom is -0.489 e. The van der Waals surface area contributed by atoms with Crippen LogP contribution in [0.25, 0.3) is 0 Å². The van der Waals surface area contributed by atoms with Crippen LogP contribution in [0.4, 0.5) is 10.5 Å². The number of rotatable bonds is 6. The molecule has 3 N–H and O–H groups in total. The van der Waals surface area contributed by atoms with E-state index in [9.17, 15) is 4.79 Å². The number of hydrogen-bond acceptors (Lipinski definition) is 3. The highest BCUT2D eigenvalue weighted by molar-refractivity contribution is 6.31. The summed E-state index contributed by atoms with van der Waals surface area (Å²) in [5.41, 5.74) is 1.55. The summed E-state index contributed by atoms with van der Waals surface area (Å²) in [6, 6.07) is 13.9. The first-order valence-electron chi connectivity index (χ1n) is 7.23. The summed E-state index contributed by atoms with van der Waals surface area (Å²) in [6.45, 7) is 1.98. The molecule has 0 aliphatic rings. The molecule has 0 bridgehead atoms. The zero-order chi connectivity index (χ0) is 16.7. The van der Waals surface area contributed by atoms with E-state index in [1.54, 1.807) is 31.2 Å². The molecule has 23 heavy (non-hydrogen) atoms. The first-order chi connectivity index (χ1) is 11.1. The monoisotopic (exact) mass is 334 g/mol. The second-order valence-electron chi connectivity index (χ2n) is 5.09. The molecule has 122 valence electrons. The molecule has 0 aliphatic heterocycles. The molecule has 0 radical (unpaired) electrons. The lowest BCUT2D eigenvalue weighted by Crippen LogP contribution is -2.38. The molecule has 6 heteroatoms. The fraction of sp³-hybridized carbons (Fsp3) is 0.235. The molecule has 5 nitrogen and oxygen atoms in total. The number of carbonyl (C=O) groups is 1. The van der Waals surface area contributed by atoms with Crippen molar-refractivity contribution in [2.24, 2.45) is 0 Å². The first kappa shape index (κ1) is 17.1. The van der Waals surface area contributed by atoms with Crippen LogP contribution < -0.4 is 15.4 Å². The largest absolute Gasteiger partial charge is 0.489 e. The average molecular weight is 335 g/mol. The van der Waals surface area contributed by atoms with E-state index in [1.165, 1.54) is 0 Å². The highest BCUT2D eigenvalue weighted by Crippen LogP contribution is 2.20. The number of anilines is 1. The Balaban J connectivity index is 1.87. The molecular weight excluding hydrogens is 316 g/mol. The van der Waals surface area contributed by atoms with E-state index in [2.05, 4.69) is 10.6 Å². The van der Waals surface area contributed by atoms with E-state index in [0.29, 0.717) is 23.1 Å². The van der Waals surface area contributed by atoms with Crippen molar-refractivity contribution in [3.05, 3.63) is 59.1 Å². The fourth-order valence-electron chi connectivity index (χ4n) is 1.85. The summed E-state index contributed by atoms with van der Waals surface area (Å²) >= 11 is 6.07. The molecule has 2 aromatic rings. The lowest BCUT2D eigenvalue weighted by molar-refractivity contribution is 0.229. The van der Waals surface area contributed by atoms with Crippen molar-refractivity contribution in [3.8, 4) is 5.75 Å². The highest BCUT2D eigenvalue weighted by Gasteiger charge is 2.06. The first-order valence-corrected chi connectivity index (χ1v) is 7.61. The van der Waals surface area contributed by atoms with Gasteiger partial charge in [0.2, 0.25) is 0 Å². The third-order valence-corrected chi connectivity index (χ3v) is 3.48. The molecule has 2 rings (SSSR count). The van der Waals surface area contributed by atoms with Crippen molar-refractivity contribution in [3.63, 3.8) is 0 Å². The maximum atomic E-state index is 11.6. The van der Waals surface area contributed by atoms with E-state index >= 15 is 0 Å². The van der Waals surface area contributed by atoms with Crippen LogP contribution in [-0.4, -0.2) is 23.8 Å². The summed E-state index contributed by atoms with van der Waals surface area (Å²) < 4.78 is 5.67. The van der Waals surface area contributed by atoms with E-state index in [4.69, 9.17) is 21.4 Å². The molecule has 0 saturated carbocycles. The van der Waals surface area contributed by atoms with Crippen molar-refractivity contribution < 1.29 is 14.6 Å². The van der Waals surface area contributed by atoms with Gasteiger partial charge in [-0.1, -0.05) is 29.8 Å². The molecule has 0 heterocycles. The zero-order valence-corrected chi connectivity index (χ0v) is 13.5. The predicted molar refractivity (Wildman–Crippen MR) is 90.9 cm³/mol. The molecule has 0 saturated heterocycles. The van der Waals surface area contributed by atoms with Gasteiger partial charge in [0.1, 0.15) is 12.4 Å². The highest BCUT2D eigenvalue weighted by atomic mass is 35.5. The molecule has 2 amide bonds. The fourth-order valence-corrected chi connectivity index (χ4v) is 2.04. The van der Waals surface area contributed by atoms with Crippen molar-refractivity contribution in [2.75, 3.05) is 11.9 Å². The van der Waals surface area contributed by atoms with Gasteiger partial charge in [-0.05, 0) is 37.3 Å². The van der Waals surface area contributed by atoms with Crippen LogP contribution in [0.2, 0.25) is 5.02 Å². The summed E-state index contributed by atoms with van der Waals surface area (Å²) in [5, 5.41) is 14.8. The lowest BCUT2D eigenvalue weighted by atomic mass is 10.2. The van der Waals surface area contributed by atoms with Gasteiger partial charge in [0.25, 0.3) is 0 Å². The zero-order valence-electron chi connectivity index (χ0n) is 12.8. The van der Waals surface area contributed by atoms with Gasteiger partial charge < -0.3 is 20.5 Å². The lowest BCUT2D eigenvalue weighted by Gasteiger charge is -2.12. The standard InChI is InChI=1S/C17H19ClN2O3/c1-12(10-21)19-17(22)20-14-6-8-15(9-7-14)23-11-13-4-2-3-5-16(13)18/h2-9,12,21H,10-11H2,1H3,(H2,19,20,22). The minimum atomic E-state index is -0.365. The van der Waals surface area contributed by atoms with Crippen LogP contribution in [0.3, 0.4) is 0 Å². The molecule has 1 unspecified atom stereocenters. The third-order valence-electron chi connectivity index (χ3n) is 3.12. The summed E-state index contributed by atoms with van der Waals surface area (Å²) in [5.74, 6) is 0.680. The second-order valence-corrected chi connectivity index (χ2v) is 5.49. The Morgan fingerprint density at radius 2 is 1.91 bits per heavy atom. The number of hydrogen-bond donors (Lipinski definition) is 3. The third kappa shape index (κ3) is 5.47. The van der Waals surface area contributed by atoms with E-state index in [1.807, 2.05) is 24.3 Å². The maximum absolute atomic E-state index is 11.6. The summed E-state index contributed by atoms with van der Waals surface area (Å²) in [7, 11) is 0. The van der Waals surface area contributed by atoms with Crippen LogP contribution >= 0.6 is 11.6 Å². The van der Waals surface area contributed by atoms with Gasteiger partial charge >= 0.3 is 6.03 Å². The number of urea groups is 1. The van der Waals surface area contributed by atoms with Gasteiger partial charge in [0.05, 0.1) is 12.6 Å². The summed E-state index contributed by atoms with van der Waals surface area (Å²) in [6.07, 6.45) is 0. The van der Waals surface area contributed by atoms with Crippen molar-refractivity contribution >= 4 is 23.3 Å². The minimum absolute atomic E-state index is 0.109. The Bertz CT molecular complexity index is 647. The quantitative estimate of drug-likeness (QED) is 0.758. The van der Waals surface area contributed by atoms with Crippen molar-refractivity contribution in [2.45, 2.75) is 19.6 Å². The Hall–Kier alpha value is -2.24. The Labute approximate surface area is 140 Å². The Morgan fingerprint density at radius 3 is 2.57 bits per heavy atom. The number of aliphatic hydroxyl groups excluding tert-OH is 1. The van der Waals surface area contributed by atoms with Gasteiger partial charge in [-0.25, -0.2) is 4.79 Å². The number of ether oxygens (including phenoxy) is 1. The van der Waals surface area contributed by atoms with Crippen LogP contribution in [0, 0.1) is 0 Å². The van der Waals surface area contributed by atoms with Gasteiger partial charge in [-0.3, -0.25) is 0 Å². The number of amides is 2. The second kappa shape index (κ2) is 8.41. The Kier molecular flexibility index (Phi) is 6.26. The average Bonchev–Trinajstić information content (AvgIpc) is 2.55. The number of benzene rings is 2. The number of carbonyl (C=O) groups excluding carboxylic acids is 1. The van der Waals surface area contributed by atoms with Crippen LogP contribution in [0.15, 0.2) is 48.5 Å². The van der Waals surface area contributed by atoms with Gasteiger partial charge in [-0.15, -0.1) is 0 Å². The van der Waals surface area contributed by atoms with E-state index in [-0.39, 0.29) is 18.7 Å². The normalized spacial score (nSPS) is 11.6. The van der Waals surface area contributed by atoms with Gasteiger partial charge in [-0.2, -0.15) is 0 Å². The summed E-state index contributed by atoms with van der Waals surface area (Å²) in [4.78, 5) is 11.6. The predicted octanol–water partition coefficient (Wildman–Crippen LogP) is 3.42. The van der Waals surface area contributed by atoms with E-state index < -0.39 is 0 Å². The van der Waals surface area contributed by atoms with Crippen molar-refractivity contribution in [1.82, 2.24) is 5.32 Å². The Morgan fingerprint density at radius 1 is 1.22 bits per heavy atom. The maximum Gasteiger partial charge on any atom is 0.319 e. The molecule has 0 spiro atoms. The van der Waals surface area contributed by atoms with E-state index in [0.717, 1.165) is 5.56 Å². The number of aliphatic hydroxyl groups is 1. The molecule has 0 fully saturated rings. The van der Waals surface area contributed by atoms with Crippen molar-refractivity contribution in [1.29, 1.82) is 0 Å². The molecule has 0 aromatic heterocycles. The molecule has 2 aromatic carbocycles. The topological polar surface area (TPSA) is 70.6 Å². The SMILES string of the molecule is CC(CO)NC(=O)Nc1ccc(OCc2ccccc2Cl)cc1. The van der Waals surface area contributed by atoms with Gasteiger partial charge in [0.15, 0.2) is 0 Å². The molecular formula is C17H19ClN2O3. The van der Waals surface area contributed by atoms with Crippen LogP contribution in [0.1, 0.15) is 12.5 Å².